The van der Waals surface area contributed by atoms with Gasteiger partial charge in [-0.3, -0.25) is 9.59 Å². The van der Waals surface area contributed by atoms with Crippen LogP contribution in [0.4, 0.5) is 5.69 Å². The van der Waals surface area contributed by atoms with Crippen LogP contribution in [0.2, 0.25) is 0 Å². The summed E-state index contributed by atoms with van der Waals surface area (Å²) in [6, 6.07) is 7.16. The highest BCUT2D eigenvalue weighted by atomic mass is 16.2. The molecule has 0 heterocycles. The molecule has 98 valence electrons. The maximum Gasteiger partial charge on any atom is 0.224 e. The van der Waals surface area contributed by atoms with E-state index in [0.717, 1.165) is 5.56 Å². The van der Waals surface area contributed by atoms with Crippen LogP contribution in [-0.2, 0) is 16.0 Å². The smallest absolute Gasteiger partial charge is 0.224 e. The number of nitrogens with one attached hydrogen (secondary N) is 2. The van der Waals surface area contributed by atoms with Crippen molar-refractivity contribution in [2.75, 3.05) is 18.8 Å². The number of carbonyl (C=O) groups excluding carboxylic acids is 2. The molecule has 1 rings (SSSR count). The van der Waals surface area contributed by atoms with Crippen molar-refractivity contribution in [2.24, 2.45) is 0 Å². The lowest BCUT2D eigenvalue weighted by Crippen LogP contribution is -2.31. The third-order valence-electron chi connectivity index (χ3n) is 2.39. The summed E-state index contributed by atoms with van der Waals surface area (Å²) in [5.41, 5.74) is 7.13. The maximum absolute atomic E-state index is 11.6. The highest BCUT2D eigenvalue weighted by Gasteiger charge is 2.04. The molecule has 0 fully saturated rings. The van der Waals surface area contributed by atoms with E-state index in [4.69, 9.17) is 5.73 Å². The lowest BCUT2D eigenvalue weighted by molar-refractivity contribution is -0.121. The van der Waals surface area contributed by atoms with E-state index in [1.54, 1.807) is 12.1 Å². The first-order chi connectivity index (χ1) is 8.61. The van der Waals surface area contributed by atoms with Crippen LogP contribution in [0.1, 0.15) is 18.9 Å². The van der Waals surface area contributed by atoms with Crippen LogP contribution in [0.25, 0.3) is 0 Å². The summed E-state index contributed by atoms with van der Waals surface area (Å²) in [5, 5.41) is 5.38. The Hall–Kier alpha value is -2.04. The first-order valence-corrected chi connectivity index (χ1v) is 5.99. The Morgan fingerprint density at radius 2 is 1.78 bits per heavy atom. The second-order valence-corrected chi connectivity index (χ2v) is 3.97. The summed E-state index contributed by atoms with van der Waals surface area (Å²) >= 11 is 0. The topological polar surface area (TPSA) is 84.2 Å². The predicted molar refractivity (Wildman–Crippen MR) is 70.9 cm³/mol. The van der Waals surface area contributed by atoms with E-state index < -0.39 is 0 Å². The van der Waals surface area contributed by atoms with E-state index >= 15 is 0 Å². The van der Waals surface area contributed by atoms with Crippen molar-refractivity contribution in [2.45, 2.75) is 19.8 Å². The molecule has 0 aromatic heterocycles. The second-order valence-electron chi connectivity index (χ2n) is 3.97. The average Bonchev–Trinajstić information content (AvgIpc) is 2.32. The molecule has 0 aliphatic rings. The Kier molecular flexibility index (Phi) is 5.70. The molecule has 0 aliphatic heterocycles. The molecule has 5 heteroatoms. The molecule has 5 nitrogen and oxygen atoms in total. The quantitative estimate of drug-likeness (QED) is 0.640. The monoisotopic (exact) mass is 249 g/mol. The molecule has 4 N–H and O–H groups in total. The number of carbonyl (C=O) groups is 2. The van der Waals surface area contributed by atoms with Gasteiger partial charge in [-0.15, -0.1) is 0 Å². The number of anilines is 1. The Morgan fingerprint density at radius 3 is 2.39 bits per heavy atom. The van der Waals surface area contributed by atoms with Crippen LogP contribution in [0.3, 0.4) is 0 Å². The van der Waals surface area contributed by atoms with E-state index in [1.807, 2.05) is 19.1 Å². The van der Waals surface area contributed by atoms with Crippen molar-refractivity contribution in [3.63, 3.8) is 0 Å². The summed E-state index contributed by atoms with van der Waals surface area (Å²) in [6.45, 7) is 2.83. The number of hydrogen-bond acceptors (Lipinski definition) is 3. The van der Waals surface area contributed by atoms with E-state index in [1.165, 1.54) is 0 Å². The van der Waals surface area contributed by atoms with Crippen LogP contribution in [0.15, 0.2) is 24.3 Å². The van der Waals surface area contributed by atoms with Crippen molar-refractivity contribution < 1.29 is 9.59 Å². The fraction of sp³-hybridized carbons (Fsp3) is 0.385. The lowest BCUT2D eigenvalue weighted by Gasteiger charge is -2.05. The third kappa shape index (κ3) is 5.34. The Labute approximate surface area is 107 Å². The van der Waals surface area contributed by atoms with Gasteiger partial charge >= 0.3 is 0 Å². The summed E-state index contributed by atoms with van der Waals surface area (Å²) in [5.74, 6) is -0.144. The lowest BCUT2D eigenvalue weighted by atomic mass is 10.1. The summed E-state index contributed by atoms with van der Waals surface area (Å²) < 4.78 is 0. The highest BCUT2D eigenvalue weighted by Crippen LogP contribution is 2.05. The van der Waals surface area contributed by atoms with E-state index in [9.17, 15) is 9.59 Å². The molecule has 0 spiro atoms. The van der Waals surface area contributed by atoms with Crippen LogP contribution in [0, 0.1) is 0 Å². The van der Waals surface area contributed by atoms with Crippen molar-refractivity contribution in [3.8, 4) is 0 Å². The molecule has 1 aromatic carbocycles. The van der Waals surface area contributed by atoms with Gasteiger partial charge in [0.2, 0.25) is 11.8 Å². The summed E-state index contributed by atoms with van der Waals surface area (Å²) in [6.07, 6.45) is 0.608. The largest absolute Gasteiger partial charge is 0.399 e. The summed E-state index contributed by atoms with van der Waals surface area (Å²) in [7, 11) is 0. The maximum atomic E-state index is 11.6. The zero-order valence-electron chi connectivity index (χ0n) is 10.5. The van der Waals surface area contributed by atoms with Crippen LogP contribution < -0.4 is 16.4 Å². The van der Waals surface area contributed by atoms with Crippen molar-refractivity contribution in [1.29, 1.82) is 0 Å². The molecule has 0 atom stereocenters. The number of hydrogen-bond donors (Lipinski definition) is 3. The molecule has 2 amide bonds. The third-order valence-corrected chi connectivity index (χ3v) is 2.39. The van der Waals surface area contributed by atoms with Gasteiger partial charge < -0.3 is 16.4 Å². The molecule has 1 aromatic rings. The van der Waals surface area contributed by atoms with Gasteiger partial charge in [0.05, 0.1) is 6.42 Å². The van der Waals surface area contributed by atoms with Gasteiger partial charge in [0.1, 0.15) is 0 Å². The molecule has 0 saturated heterocycles. The van der Waals surface area contributed by atoms with Gasteiger partial charge in [-0.2, -0.15) is 0 Å². The van der Waals surface area contributed by atoms with E-state index in [-0.39, 0.29) is 11.8 Å². The second kappa shape index (κ2) is 7.32. The fourth-order valence-electron chi connectivity index (χ4n) is 1.48. The SMILES string of the molecule is CCNC(=O)CCNC(=O)Cc1ccc(N)cc1. The first kappa shape index (κ1) is 14.0. The standard InChI is InChI=1S/C13H19N3O2/c1-2-15-12(17)7-8-16-13(18)9-10-3-5-11(14)6-4-10/h3-6H,2,7-9,14H2,1H3,(H,15,17)(H,16,18). The minimum absolute atomic E-state index is 0.0507. The number of benzene rings is 1. The van der Waals surface area contributed by atoms with Gasteiger partial charge in [0.15, 0.2) is 0 Å². The molecular weight excluding hydrogens is 230 g/mol. The molecule has 0 aliphatic carbocycles. The molecule has 18 heavy (non-hydrogen) atoms. The van der Waals surface area contributed by atoms with Gasteiger partial charge in [-0.05, 0) is 24.6 Å². The van der Waals surface area contributed by atoms with Crippen LogP contribution in [-0.4, -0.2) is 24.9 Å². The van der Waals surface area contributed by atoms with Crippen molar-refractivity contribution in [1.82, 2.24) is 10.6 Å². The normalized spacial score (nSPS) is 9.83. The molecule has 0 saturated carbocycles. The Balaban J connectivity index is 2.25. The highest BCUT2D eigenvalue weighted by molar-refractivity contribution is 5.80. The number of nitrogens with two attached hydrogens (primary N) is 1. The Morgan fingerprint density at radius 1 is 1.11 bits per heavy atom. The number of nitrogen functional groups attached to an aromatic ring is 1. The van der Waals surface area contributed by atoms with E-state index in [0.29, 0.717) is 31.6 Å². The van der Waals surface area contributed by atoms with Gasteiger partial charge in [-0.1, -0.05) is 12.1 Å². The number of rotatable bonds is 6. The Bertz CT molecular complexity index is 401. The van der Waals surface area contributed by atoms with Gasteiger partial charge in [0, 0.05) is 25.2 Å². The zero-order valence-corrected chi connectivity index (χ0v) is 10.5. The zero-order chi connectivity index (χ0) is 13.4. The molecular formula is C13H19N3O2. The predicted octanol–water partition coefficient (Wildman–Crippen LogP) is 0.454. The van der Waals surface area contributed by atoms with Crippen molar-refractivity contribution in [3.05, 3.63) is 29.8 Å². The first-order valence-electron chi connectivity index (χ1n) is 5.99. The van der Waals surface area contributed by atoms with Crippen LogP contribution >= 0.6 is 0 Å². The molecule has 0 radical (unpaired) electrons. The summed E-state index contributed by atoms with van der Waals surface area (Å²) in [4.78, 5) is 22.7. The minimum Gasteiger partial charge on any atom is -0.399 e. The van der Waals surface area contributed by atoms with Gasteiger partial charge in [0.25, 0.3) is 0 Å². The van der Waals surface area contributed by atoms with Crippen LogP contribution in [0.5, 0.6) is 0 Å². The molecule has 0 unspecified atom stereocenters. The average molecular weight is 249 g/mol. The van der Waals surface area contributed by atoms with Crippen molar-refractivity contribution >= 4 is 17.5 Å². The minimum atomic E-state index is -0.0935. The fourth-order valence-corrected chi connectivity index (χ4v) is 1.48. The molecule has 0 bridgehead atoms. The number of amides is 2. The van der Waals surface area contributed by atoms with E-state index in [2.05, 4.69) is 10.6 Å². The van der Waals surface area contributed by atoms with Gasteiger partial charge in [-0.25, -0.2) is 0 Å².